The van der Waals surface area contributed by atoms with Gasteiger partial charge in [0.2, 0.25) is 10.0 Å². The fraction of sp³-hybridized carbons (Fsp3) is 0.571. The highest BCUT2D eigenvalue weighted by Gasteiger charge is 2.40. The van der Waals surface area contributed by atoms with Crippen molar-refractivity contribution in [3.05, 3.63) is 29.6 Å². The summed E-state index contributed by atoms with van der Waals surface area (Å²) >= 11 is 0. The van der Waals surface area contributed by atoms with Gasteiger partial charge in [0.1, 0.15) is 4.90 Å². The summed E-state index contributed by atoms with van der Waals surface area (Å²) < 4.78 is 90.1. The third-order valence-corrected chi connectivity index (χ3v) is 7.43. The zero-order valence-corrected chi connectivity index (χ0v) is 14.8. The molecule has 1 aliphatic rings. The highest BCUT2D eigenvalue weighted by Crippen LogP contribution is 2.28. The van der Waals surface area contributed by atoms with Crippen LogP contribution in [-0.2, 0) is 19.9 Å². The van der Waals surface area contributed by atoms with Crippen LogP contribution in [0.2, 0.25) is 0 Å². The molecule has 0 spiro atoms. The SMILES string of the molecule is CC(C)CN([C@H]1CCS(=O)(=O)C1)S(=O)(=O)c1ccc(F)c(F)c1F. The maximum Gasteiger partial charge on any atom is 0.246 e. The normalized spacial score (nSPS) is 20.9. The first kappa shape index (κ1) is 19.2. The molecule has 1 aromatic carbocycles. The Morgan fingerprint density at radius 3 is 2.33 bits per heavy atom. The third-order valence-electron chi connectivity index (χ3n) is 3.75. The summed E-state index contributed by atoms with van der Waals surface area (Å²) in [6, 6.07) is 0.333. The molecule has 0 radical (unpaired) electrons. The van der Waals surface area contributed by atoms with Crippen molar-refractivity contribution >= 4 is 19.9 Å². The summed E-state index contributed by atoms with van der Waals surface area (Å²) in [5, 5.41) is 0. The van der Waals surface area contributed by atoms with Gasteiger partial charge >= 0.3 is 0 Å². The molecule has 0 unspecified atom stereocenters. The lowest BCUT2D eigenvalue weighted by Crippen LogP contribution is -2.43. The molecule has 1 heterocycles. The van der Waals surface area contributed by atoms with Crippen molar-refractivity contribution in [2.24, 2.45) is 5.92 Å². The van der Waals surface area contributed by atoms with Gasteiger partial charge in [-0.15, -0.1) is 0 Å². The molecule has 1 saturated heterocycles. The van der Waals surface area contributed by atoms with E-state index in [1.807, 2.05) is 0 Å². The van der Waals surface area contributed by atoms with E-state index < -0.39 is 48.2 Å². The molecular formula is C14H18F3NO4S2. The van der Waals surface area contributed by atoms with Crippen molar-refractivity contribution in [3.8, 4) is 0 Å². The molecule has 1 fully saturated rings. The molecule has 5 nitrogen and oxygen atoms in total. The van der Waals surface area contributed by atoms with E-state index in [0.29, 0.717) is 12.1 Å². The predicted octanol–water partition coefficient (Wildman–Crippen LogP) is 1.94. The molecule has 1 aromatic rings. The van der Waals surface area contributed by atoms with Crippen LogP contribution in [0.1, 0.15) is 20.3 Å². The quantitative estimate of drug-likeness (QED) is 0.727. The number of hydrogen-bond acceptors (Lipinski definition) is 4. The van der Waals surface area contributed by atoms with Gasteiger partial charge < -0.3 is 0 Å². The second-order valence-electron chi connectivity index (χ2n) is 6.20. The molecule has 10 heteroatoms. The zero-order chi connectivity index (χ0) is 18.3. The molecule has 136 valence electrons. The van der Waals surface area contributed by atoms with Crippen molar-refractivity contribution in [2.75, 3.05) is 18.1 Å². The second kappa shape index (κ2) is 6.64. The van der Waals surface area contributed by atoms with E-state index in [2.05, 4.69) is 0 Å². The Balaban J connectivity index is 2.51. The van der Waals surface area contributed by atoms with Gasteiger partial charge in [0, 0.05) is 12.6 Å². The van der Waals surface area contributed by atoms with E-state index in [-0.39, 0.29) is 30.4 Å². The highest BCUT2D eigenvalue weighted by atomic mass is 32.2. The van der Waals surface area contributed by atoms with Crippen molar-refractivity contribution in [3.63, 3.8) is 0 Å². The molecule has 0 bridgehead atoms. The van der Waals surface area contributed by atoms with Crippen LogP contribution >= 0.6 is 0 Å². The van der Waals surface area contributed by atoms with Crippen LogP contribution in [0.5, 0.6) is 0 Å². The van der Waals surface area contributed by atoms with Crippen LogP contribution in [0.3, 0.4) is 0 Å². The van der Waals surface area contributed by atoms with Crippen LogP contribution in [0, 0.1) is 23.4 Å². The van der Waals surface area contributed by atoms with E-state index in [0.717, 1.165) is 4.31 Å². The average molecular weight is 385 g/mol. The number of benzene rings is 1. The maximum atomic E-state index is 14.0. The minimum Gasteiger partial charge on any atom is -0.229 e. The molecule has 0 amide bonds. The molecular weight excluding hydrogens is 367 g/mol. The first-order valence-corrected chi connectivity index (χ1v) is 10.6. The first-order chi connectivity index (χ1) is 11.0. The molecule has 0 N–H and O–H groups in total. The van der Waals surface area contributed by atoms with Gasteiger partial charge in [-0.25, -0.2) is 30.0 Å². The Labute approximate surface area is 139 Å². The monoisotopic (exact) mass is 385 g/mol. The number of nitrogens with zero attached hydrogens (tertiary/aromatic N) is 1. The number of hydrogen-bond donors (Lipinski definition) is 0. The predicted molar refractivity (Wildman–Crippen MR) is 82.1 cm³/mol. The van der Waals surface area contributed by atoms with Gasteiger partial charge in [0.05, 0.1) is 11.5 Å². The Bertz CT molecular complexity index is 838. The largest absolute Gasteiger partial charge is 0.246 e. The van der Waals surface area contributed by atoms with E-state index in [4.69, 9.17) is 0 Å². The lowest BCUT2D eigenvalue weighted by molar-refractivity contribution is 0.305. The van der Waals surface area contributed by atoms with Gasteiger partial charge in [-0.3, -0.25) is 0 Å². The van der Waals surface area contributed by atoms with Crippen molar-refractivity contribution < 1.29 is 30.0 Å². The Morgan fingerprint density at radius 2 is 1.83 bits per heavy atom. The Morgan fingerprint density at radius 1 is 1.21 bits per heavy atom. The average Bonchev–Trinajstić information content (AvgIpc) is 2.81. The minimum absolute atomic E-state index is 0.0546. The second-order valence-corrected chi connectivity index (χ2v) is 10.3. The lowest BCUT2D eigenvalue weighted by atomic mass is 10.2. The van der Waals surface area contributed by atoms with Crippen LogP contribution in [0.4, 0.5) is 13.2 Å². The standard InChI is InChI=1S/C14H18F3NO4S2/c1-9(2)7-18(10-5-6-23(19,20)8-10)24(21,22)12-4-3-11(15)13(16)14(12)17/h3-4,9-10H,5-8H2,1-2H3/t10-/m0/s1. The summed E-state index contributed by atoms with van der Waals surface area (Å²) in [6.45, 7) is 3.38. The lowest BCUT2D eigenvalue weighted by Gasteiger charge is -2.29. The van der Waals surface area contributed by atoms with Crippen molar-refractivity contribution in [1.29, 1.82) is 0 Å². The topological polar surface area (TPSA) is 71.5 Å². The fourth-order valence-corrected chi connectivity index (χ4v) is 6.34. The van der Waals surface area contributed by atoms with Gasteiger partial charge in [0.25, 0.3) is 0 Å². The van der Waals surface area contributed by atoms with Gasteiger partial charge in [0.15, 0.2) is 27.3 Å². The molecule has 0 aromatic heterocycles. The molecule has 1 atom stereocenters. The van der Waals surface area contributed by atoms with Gasteiger partial charge in [-0.2, -0.15) is 4.31 Å². The molecule has 0 aliphatic carbocycles. The molecule has 2 rings (SSSR count). The van der Waals surface area contributed by atoms with E-state index >= 15 is 0 Å². The van der Waals surface area contributed by atoms with Crippen molar-refractivity contribution in [2.45, 2.75) is 31.2 Å². The maximum absolute atomic E-state index is 14.0. The van der Waals surface area contributed by atoms with Crippen LogP contribution in [0.15, 0.2) is 17.0 Å². The number of halogens is 3. The Kier molecular flexibility index (Phi) is 5.31. The van der Waals surface area contributed by atoms with Gasteiger partial charge in [-0.1, -0.05) is 13.8 Å². The third kappa shape index (κ3) is 3.75. The van der Waals surface area contributed by atoms with Crippen LogP contribution in [-0.4, -0.2) is 45.2 Å². The fourth-order valence-electron chi connectivity index (χ4n) is 2.64. The molecule has 24 heavy (non-hydrogen) atoms. The summed E-state index contributed by atoms with van der Waals surface area (Å²) in [5.41, 5.74) is 0. The summed E-state index contributed by atoms with van der Waals surface area (Å²) in [5.74, 6) is -5.88. The summed E-state index contributed by atoms with van der Waals surface area (Å²) in [7, 11) is -7.89. The number of sulfone groups is 1. The van der Waals surface area contributed by atoms with E-state index in [9.17, 15) is 30.0 Å². The minimum atomic E-state index is -4.51. The van der Waals surface area contributed by atoms with E-state index in [1.54, 1.807) is 13.8 Å². The van der Waals surface area contributed by atoms with E-state index in [1.165, 1.54) is 0 Å². The zero-order valence-electron chi connectivity index (χ0n) is 13.2. The van der Waals surface area contributed by atoms with Crippen LogP contribution < -0.4 is 0 Å². The summed E-state index contributed by atoms with van der Waals surface area (Å²) in [6.07, 6.45) is 0.0829. The van der Waals surface area contributed by atoms with Gasteiger partial charge in [-0.05, 0) is 24.5 Å². The molecule has 1 aliphatic heterocycles. The Hall–Kier alpha value is -1.13. The number of sulfonamides is 1. The molecule has 0 saturated carbocycles. The summed E-state index contributed by atoms with van der Waals surface area (Å²) in [4.78, 5) is -0.994. The highest BCUT2D eigenvalue weighted by molar-refractivity contribution is 7.92. The van der Waals surface area contributed by atoms with Crippen molar-refractivity contribution in [1.82, 2.24) is 4.31 Å². The smallest absolute Gasteiger partial charge is 0.229 e. The van der Waals surface area contributed by atoms with Crippen LogP contribution in [0.25, 0.3) is 0 Å². The first-order valence-electron chi connectivity index (χ1n) is 7.31. The number of rotatable bonds is 5.